The molecule has 0 aliphatic heterocycles. The van der Waals surface area contributed by atoms with E-state index in [1.165, 1.54) is 0 Å². The van der Waals surface area contributed by atoms with Gasteiger partial charge in [-0.2, -0.15) is 5.10 Å². The number of hydrogen-bond acceptors (Lipinski definition) is 3. The molecule has 1 aromatic heterocycles. The summed E-state index contributed by atoms with van der Waals surface area (Å²) in [6.45, 7) is 2.55. The van der Waals surface area contributed by atoms with E-state index in [9.17, 15) is 9.59 Å². The first-order chi connectivity index (χ1) is 10.6. The molecule has 0 aliphatic rings. The van der Waals surface area contributed by atoms with Crippen molar-refractivity contribution in [2.24, 2.45) is 0 Å². The number of benzene rings is 1. The topological polar surface area (TPSA) is 88.0 Å². The Labute approximate surface area is 136 Å². The van der Waals surface area contributed by atoms with Crippen LogP contribution in [0.1, 0.15) is 6.92 Å². The van der Waals surface area contributed by atoms with Crippen LogP contribution in [0.15, 0.2) is 41.1 Å². The summed E-state index contributed by atoms with van der Waals surface area (Å²) in [5, 5.41) is 11.8. The van der Waals surface area contributed by atoms with Crippen LogP contribution in [0.2, 0.25) is 0 Å². The van der Waals surface area contributed by atoms with Crippen molar-refractivity contribution in [1.82, 2.24) is 15.1 Å². The van der Waals surface area contributed by atoms with Crippen molar-refractivity contribution in [2.45, 2.75) is 13.5 Å². The molecule has 0 saturated carbocycles. The molecule has 1 aromatic carbocycles. The summed E-state index contributed by atoms with van der Waals surface area (Å²) >= 11 is 3.32. The molecule has 0 bridgehead atoms. The van der Waals surface area contributed by atoms with Gasteiger partial charge in [-0.15, -0.1) is 0 Å². The maximum Gasteiger partial charge on any atom is 0.319 e. The van der Waals surface area contributed by atoms with Crippen LogP contribution in [0, 0.1) is 0 Å². The number of aryl methyl sites for hydroxylation is 1. The number of nitrogens with one attached hydrogen (secondary N) is 3. The molecule has 0 saturated heterocycles. The molecular formula is C14H16BrN5O2. The first-order valence-electron chi connectivity index (χ1n) is 6.69. The molecule has 2 aromatic rings. The largest absolute Gasteiger partial charge is 0.329 e. The van der Waals surface area contributed by atoms with E-state index in [1.54, 1.807) is 29.2 Å². The Morgan fingerprint density at radius 3 is 2.55 bits per heavy atom. The second kappa shape index (κ2) is 7.60. The third kappa shape index (κ3) is 4.88. The molecule has 0 radical (unpaired) electrons. The van der Waals surface area contributed by atoms with Gasteiger partial charge in [-0.25, -0.2) is 4.79 Å². The minimum Gasteiger partial charge on any atom is -0.329 e. The van der Waals surface area contributed by atoms with Crippen LogP contribution in [0.5, 0.6) is 0 Å². The second-order valence-electron chi connectivity index (χ2n) is 4.45. The van der Waals surface area contributed by atoms with Crippen LogP contribution in [0.25, 0.3) is 0 Å². The van der Waals surface area contributed by atoms with Gasteiger partial charge in [0.2, 0.25) is 5.91 Å². The predicted molar refractivity (Wildman–Crippen MR) is 87.7 cm³/mol. The third-order valence-corrected chi connectivity index (χ3v) is 3.28. The zero-order valence-electron chi connectivity index (χ0n) is 12.0. The Bertz CT molecular complexity index is 654. The Balaban J connectivity index is 1.75. The molecule has 3 N–H and O–H groups in total. The Morgan fingerprint density at radius 1 is 1.18 bits per heavy atom. The second-order valence-corrected chi connectivity index (χ2v) is 5.36. The fraction of sp³-hybridized carbons (Fsp3) is 0.214. The average Bonchev–Trinajstić information content (AvgIpc) is 2.95. The molecule has 0 atom stereocenters. The van der Waals surface area contributed by atoms with Crippen molar-refractivity contribution >= 4 is 39.2 Å². The number of carbonyl (C=O) groups is 2. The van der Waals surface area contributed by atoms with Crippen molar-refractivity contribution in [3.05, 3.63) is 41.1 Å². The molecule has 0 unspecified atom stereocenters. The van der Waals surface area contributed by atoms with Gasteiger partial charge in [0.1, 0.15) is 0 Å². The van der Waals surface area contributed by atoms with E-state index in [4.69, 9.17) is 0 Å². The number of carbonyl (C=O) groups excluding carboxylic acids is 2. The van der Waals surface area contributed by atoms with E-state index < -0.39 is 6.03 Å². The molecule has 3 amide bonds. The number of nitrogens with zero attached hydrogens (tertiary/aromatic N) is 2. The van der Waals surface area contributed by atoms with E-state index in [0.29, 0.717) is 11.4 Å². The van der Waals surface area contributed by atoms with Crippen LogP contribution < -0.4 is 16.0 Å². The lowest BCUT2D eigenvalue weighted by atomic mass is 10.3. The quantitative estimate of drug-likeness (QED) is 0.760. The van der Waals surface area contributed by atoms with E-state index in [0.717, 1.165) is 11.0 Å². The third-order valence-electron chi connectivity index (χ3n) is 2.75. The average molecular weight is 366 g/mol. The lowest BCUT2D eigenvalue weighted by Crippen LogP contribution is -2.35. The normalized spacial score (nSPS) is 10.1. The van der Waals surface area contributed by atoms with Crippen molar-refractivity contribution in [1.29, 1.82) is 0 Å². The number of urea groups is 1. The van der Waals surface area contributed by atoms with Gasteiger partial charge >= 0.3 is 6.03 Å². The zero-order chi connectivity index (χ0) is 15.9. The monoisotopic (exact) mass is 365 g/mol. The smallest absolute Gasteiger partial charge is 0.319 e. The molecular weight excluding hydrogens is 350 g/mol. The summed E-state index contributed by atoms with van der Waals surface area (Å²) in [5.41, 5.74) is 1.24. The van der Waals surface area contributed by atoms with Gasteiger partial charge in [0, 0.05) is 22.9 Å². The van der Waals surface area contributed by atoms with Gasteiger partial charge < -0.3 is 16.0 Å². The first-order valence-corrected chi connectivity index (χ1v) is 7.49. The summed E-state index contributed by atoms with van der Waals surface area (Å²) in [6.07, 6.45) is 3.26. The number of hydrogen-bond donors (Lipinski definition) is 3. The summed E-state index contributed by atoms with van der Waals surface area (Å²) in [6, 6.07) is 6.71. The minimum atomic E-state index is -0.457. The van der Waals surface area contributed by atoms with Crippen LogP contribution in [-0.4, -0.2) is 28.3 Å². The van der Waals surface area contributed by atoms with Gasteiger partial charge in [0.05, 0.1) is 18.4 Å². The molecule has 0 spiro atoms. The number of rotatable bonds is 5. The van der Waals surface area contributed by atoms with Gasteiger partial charge in [-0.1, -0.05) is 15.9 Å². The van der Waals surface area contributed by atoms with Gasteiger partial charge in [-0.3, -0.25) is 9.48 Å². The fourth-order valence-corrected chi connectivity index (χ4v) is 1.94. The van der Waals surface area contributed by atoms with Crippen molar-refractivity contribution < 1.29 is 9.59 Å². The molecule has 8 heteroatoms. The Morgan fingerprint density at radius 2 is 1.91 bits per heavy atom. The van der Waals surface area contributed by atoms with Crippen molar-refractivity contribution in [2.75, 3.05) is 17.2 Å². The summed E-state index contributed by atoms with van der Waals surface area (Å²) in [7, 11) is 0. The Kier molecular flexibility index (Phi) is 5.54. The lowest BCUT2D eigenvalue weighted by molar-refractivity contribution is -0.115. The highest BCUT2D eigenvalue weighted by Crippen LogP contribution is 2.13. The summed E-state index contributed by atoms with van der Waals surface area (Å²) in [5.74, 6) is -0.304. The van der Waals surface area contributed by atoms with E-state index >= 15 is 0 Å². The standard InChI is InChI=1S/C14H16BrN5O2/c1-2-20-9-12(7-17-20)19-14(22)16-8-13(21)18-11-5-3-10(15)4-6-11/h3-7,9H,2,8H2,1H3,(H,18,21)(H2,16,19,22). The Hall–Kier alpha value is -2.35. The molecule has 7 nitrogen and oxygen atoms in total. The van der Waals surface area contributed by atoms with Gasteiger partial charge in [-0.05, 0) is 31.2 Å². The van der Waals surface area contributed by atoms with Gasteiger partial charge in [0.25, 0.3) is 0 Å². The number of anilines is 2. The highest BCUT2D eigenvalue weighted by molar-refractivity contribution is 9.10. The van der Waals surface area contributed by atoms with Crippen molar-refractivity contribution in [3.8, 4) is 0 Å². The lowest BCUT2D eigenvalue weighted by Gasteiger charge is -2.07. The molecule has 116 valence electrons. The van der Waals surface area contributed by atoms with E-state index in [2.05, 4.69) is 37.0 Å². The van der Waals surface area contributed by atoms with Crippen LogP contribution in [0.3, 0.4) is 0 Å². The molecule has 22 heavy (non-hydrogen) atoms. The number of halogens is 1. The summed E-state index contributed by atoms with van der Waals surface area (Å²) in [4.78, 5) is 23.4. The van der Waals surface area contributed by atoms with Crippen LogP contribution in [-0.2, 0) is 11.3 Å². The van der Waals surface area contributed by atoms with Crippen LogP contribution in [0.4, 0.5) is 16.2 Å². The maximum absolute atomic E-state index is 11.7. The minimum absolute atomic E-state index is 0.121. The van der Waals surface area contributed by atoms with Crippen molar-refractivity contribution in [3.63, 3.8) is 0 Å². The van der Waals surface area contributed by atoms with Crippen LogP contribution >= 0.6 is 15.9 Å². The SMILES string of the molecule is CCn1cc(NC(=O)NCC(=O)Nc2ccc(Br)cc2)cn1. The summed E-state index contributed by atoms with van der Waals surface area (Å²) < 4.78 is 2.62. The predicted octanol–water partition coefficient (Wildman–Crippen LogP) is 2.43. The molecule has 1 heterocycles. The molecule has 0 aliphatic carbocycles. The van der Waals surface area contributed by atoms with E-state index in [1.807, 2.05) is 19.1 Å². The maximum atomic E-state index is 11.7. The first kappa shape index (κ1) is 16.0. The molecule has 2 rings (SSSR count). The van der Waals surface area contributed by atoms with Gasteiger partial charge in [0.15, 0.2) is 0 Å². The van der Waals surface area contributed by atoms with E-state index in [-0.39, 0.29) is 12.5 Å². The number of aromatic nitrogens is 2. The molecule has 0 fully saturated rings. The fourth-order valence-electron chi connectivity index (χ4n) is 1.68. The zero-order valence-corrected chi connectivity index (χ0v) is 13.6. The highest BCUT2D eigenvalue weighted by atomic mass is 79.9. The number of amides is 3. The highest BCUT2D eigenvalue weighted by Gasteiger charge is 2.07.